The molecule has 0 saturated heterocycles. The summed E-state index contributed by atoms with van der Waals surface area (Å²) in [4.78, 5) is 2.49. The summed E-state index contributed by atoms with van der Waals surface area (Å²) < 4.78 is 21.4. The van der Waals surface area contributed by atoms with Gasteiger partial charge in [-0.25, -0.2) is 4.39 Å². The minimum absolute atomic E-state index is 0.120. The molecule has 2 heterocycles. The monoisotopic (exact) mass is 364 g/mol. The van der Waals surface area contributed by atoms with Crippen LogP contribution < -0.4 is 4.74 Å². The van der Waals surface area contributed by atoms with Gasteiger partial charge < -0.3 is 9.30 Å². The lowest BCUT2D eigenvalue weighted by Crippen LogP contribution is -2.29. The molecule has 0 spiro atoms. The molecule has 140 valence electrons. The maximum atomic E-state index is 13.5. The largest absolute Gasteiger partial charge is 0.494 e. The van der Waals surface area contributed by atoms with Gasteiger partial charge in [-0.3, -0.25) is 4.90 Å². The van der Waals surface area contributed by atoms with Crippen LogP contribution in [0.25, 0.3) is 0 Å². The van der Waals surface area contributed by atoms with Crippen LogP contribution in [-0.4, -0.2) is 22.6 Å². The van der Waals surface area contributed by atoms with Gasteiger partial charge in [-0.05, 0) is 60.9 Å². The molecular formula is C23H25FN2O. The SMILES string of the molecule is CCOc1ccc(CN2CCCn3cccc3[C@@H]2c2ccc(F)cc2)cc1. The molecule has 0 radical (unpaired) electrons. The Morgan fingerprint density at radius 3 is 2.52 bits per heavy atom. The summed E-state index contributed by atoms with van der Waals surface area (Å²) in [6, 6.07) is 19.7. The summed E-state index contributed by atoms with van der Waals surface area (Å²) in [6.45, 7) is 5.53. The molecule has 0 unspecified atom stereocenters. The number of nitrogens with zero attached hydrogens (tertiary/aromatic N) is 2. The molecule has 0 bridgehead atoms. The number of rotatable bonds is 5. The Bertz CT molecular complexity index is 870. The van der Waals surface area contributed by atoms with Crippen molar-refractivity contribution in [2.45, 2.75) is 32.5 Å². The Labute approximate surface area is 160 Å². The molecule has 4 rings (SSSR count). The van der Waals surface area contributed by atoms with Crippen LogP contribution in [0.2, 0.25) is 0 Å². The lowest BCUT2D eigenvalue weighted by Gasteiger charge is -2.30. The second-order valence-electron chi connectivity index (χ2n) is 6.98. The van der Waals surface area contributed by atoms with Gasteiger partial charge in [-0.15, -0.1) is 0 Å². The third kappa shape index (κ3) is 3.91. The molecule has 0 aliphatic carbocycles. The van der Waals surface area contributed by atoms with Gasteiger partial charge >= 0.3 is 0 Å². The highest BCUT2D eigenvalue weighted by Crippen LogP contribution is 2.33. The first-order valence-electron chi connectivity index (χ1n) is 9.61. The van der Waals surface area contributed by atoms with E-state index >= 15 is 0 Å². The van der Waals surface area contributed by atoms with Crippen molar-refractivity contribution in [3.05, 3.63) is 89.5 Å². The number of ether oxygens (including phenoxy) is 1. The van der Waals surface area contributed by atoms with Crippen molar-refractivity contribution in [2.24, 2.45) is 0 Å². The van der Waals surface area contributed by atoms with Crippen LogP contribution in [0.15, 0.2) is 66.9 Å². The fraction of sp³-hybridized carbons (Fsp3) is 0.304. The molecule has 0 N–H and O–H groups in total. The van der Waals surface area contributed by atoms with Gasteiger partial charge in [0.1, 0.15) is 11.6 Å². The number of hydrogen-bond acceptors (Lipinski definition) is 2. The van der Waals surface area contributed by atoms with Crippen molar-refractivity contribution >= 4 is 0 Å². The van der Waals surface area contributed by atoms with E-state index in [9.17, 15) is 4.39 Å². The van der Waals surface area contributed by atoms with Crippen molar-refractivity contribution < 1.29 is 9.13 Å². The van der Waals surface area contributed by atoms with Gasteiger partial charge in [-0.2, -0.15) is 0 Å². The zero-order valence-electron chi connectivity index (χ0n) is 15.6. The third-order valence-electron chi connectivity index (χ3n) is 5.16. The van der Waals surface area contributed by atoms with Crippen molar-refractivity contribution in [1.29, 1.82) is 0 Å². The molecule has 4 heteroatoms. The summed E-state index contributed by atoms with van der Waals surface area (Å²) in [5, 5.41) is 0. The molecule has 0 amide bonds. The van der Waals surface area contributed by atoms with E-state index in [2.05, 4.69) is 39.9 Å². The average molecular weight is 364 g/mol. The summed E-state index contributed by atoms with van der Waals surface area (Å²) >= 11 is 0. The van der Waals surface area contributed by atoms with Crippen LogP contribution in [0.5, 0.6) is 5.75 Å². The molecule has 3 aromatic rings. The Morgan fingerprint density at radius 2 is 1.78 bits per heavy atom. The van der Waals surface area contributed by atoms with Gasteiger partial charge in [0.25, 0.3) is 0 Å². The smallest absolute Gasteiger partial charge is 0.123 e. The minimum atomic E-state index is -0.194. The minimum Gasteiger partial charge on any atom is -0.494 e. The third-order valence-corrected chi connectivity index (χ3v) is 5.16. The van der Waals surface area contributed by atoms with E-state index < -0.39 is 0 Å². The first kappa shape index (κ1) is 17.8. The highest BCUT2D eigenvalue weighted by molar-refractivity contribution is 5.31. The summed E-state index contributed by atoms with van der Waals surface area (Å²) in [7, 11) is 0. The van der Waals surface area contributed by atoms with Gasteiger partial charge in [0.2, 0.25) is 0 Å². The maximum absolute atomic E-state index is 13.5. The predicted octanol–water partition coefficient (Wildman–Crippen LogP) is 5.02. The number of fused-ring (bicyclic) bond motifs is 1. The second kappa shape index (κ2) is 7.97. The lowest BCUT2D eigenvalue weighted by atomic mass is 10.0. The molecule has 1 aliphatic rings. The molecule has 0 saturated carbocycles. The number of hydrogen-bond donors (Lipinski definition) is 0. The fourth-order valence-electron chi connectivity index (χ4n) is 3.93. The highest BCUT2D eigenvalue weighted by Gasteiger charge is 2.27. The molecule has 1 atom stereocenters. The Balaban J connectivity index is 1.65. The van der Waals surface area contributed by atoms with Crippen LogP contribution in [0.3, 0.4) is 0 Å². The van der Waals surface area contributed by atoms with Gasteiger partial charge in [0.05, 0.1) is 12.6 Å². The first-order chi connectivity index (χ1) is 13.2. The van der Waals surface area contributed by atoms with Crippen molar-refractivity contribution in [2.75, 3.05) is 13.2 Å². The standard InChI is InChI=1S/C23H25FN2O/c1-2-27-21-12-6-18(7-13-21)17-26-16-4-15-25-14-3-5-22(25)23(26)19-8-10-20(24)11-9-19/h3,5-14,23H,2,4,15-17H2,1H3/t23-/m0/s1. The van der Waals surface area contributed by atoms with E-state index in [1.165, 1.54) is 11.3 Å². The molecule has 1 aromatic heterocycles. The molecule has 2 aromatic carbocycles. The molecule has 1 aliphatic heterocycles. The topological polar surface area (TPSA) is 17.4 Å². The fourth-order valence-corrected chi connectivity index (χ4v) is 3.93. The normalized spacial score (nSPS) is 17.3. The summed E-state index contributed by atoms with van der Waals surface area (Å²) in [6.07, 6.45) is 3.24. The summed E-state index contributed by atoms with van der Waals surface area (Å²) in [5.74, 6) is 0.710. The van der Waals surface area contributed by atoms with Crippen LogP contribution in [0.1, 0.15) is 36.2 Å². The zero-order chi connectivity index (χ0) is 18.6. The van der Waals surface area contributed by atoms with Crippen LogP contribution in [0.4, 0.5) is 4.39 Å². The van der Waals surface area contributed by atoms with Crippen LogP contribution in [0, 0.1) is 5.82 Å². The van der Waals surface area contributed by atoms with E-state index in [0.29, 0.717) is 6.61 Å². The van der Waals surface area contributed by atoms with Gasteiger partial charge in [0.15, 0.2) is 0 Å². The van der Waals surface area contributed by atoms with Gasteiger partial charge in [-0.1, -0.05) is 24.3 Å². The lowest BCUT2D eigenvalue weighted by molar-refractivity contribution is 0.220. The maximum Gasteiger partial charge on any atom is 0.123 e. The Morgan fingerprint density at radius 1 is 1.00 bits per heavy atom. The van der Waals surface area contributed by atoms with E-state index in [0.717, 1.165) is 37.4 Å². The van der Waals surface area contributed by atoms with E-state index in [4.69, 9.17) is 4.74 Å². The molecule has 27 heavy (non-hydrogen) atoms. The Kier molecular flexibility index (Phi) is 5.26. The molecular weight excluding hydrogens is 339 g/mol. The van der Waals surface area contributed by atoms with E-state index in [1.54, 1.807) is 12.1 Å². The van der Waals surface area contributed by atoms with Crippen molar-refractivity contribution in [3.8, 4) is 5.75 Å². The van der Waals surface area contributed by atoms with Crippen LogP contribution in [-0.2, 0) is 13.1 Å². The number of benzene rings is 2. The quantitative estimate of drug-likeness (QED) is 0.632. The highest BCUT2D eigenvalue weighted by atomic mass is 19.1. The zero-order valence-corrected chi connectivity index (χ0v) is 15.6. The van der Waals surface area contributed by atoms with Crippen molar-refractivity contribution in [1.82, 2.24) is 9.47 Å². The van der Waals surface area contributed by atoms with Crippen LogP contribution >= 0.6 is 0 Å². The predicted molar refractivity (Wildman–Crippen MR) is 105 cm³/mol. The number of aromatic nitrogens is 1. The Hall–Kier alpha value is -2.59. The number of aryl methyl sites for hydroxylation is 1. The van der Waals surface area contributed by atoms with E-state index in [-0.39, 0.29) is 11.9 Å². The van der Waals surface area contributed by atoms with Gasteiger partial charge in [0, 0.05) is 31.5 Å². The number of halogens is 1. The second-order valence-corrected chi connectivity index (χ2v) is 6.98. The van der Waals surface area contributed by atoms with Crippen molar-refractivity contribution in [3.63, 3.8) is 0 Å². The first-order valence-corrected chi connectivity index (χ1v) is 9.61. The van der Waals surface area contributed by atoms with E-state index in [1.807, 2.05) is 31.2 Å². The molecule has 0 fully saturated rings. The summed E-state index contributed by atoms with van der Waals surface area (Å²) in [5.41, 5.74) is 3.65. The average Bonchev–Trinajstić information content (AvgIpc) is 3.06. The molecule has 3 nitrogen and oxygen atoms in total.